The standard InChI is InChI=1S/C16H15NO2/c1-11-8-9-14-13(10-11)16(19,15(18)17(14)2)12-6-4-3-5-7-12/h3-10,19H,1-2H3. The molecule has 1 aliphatic heterocycles. The lowest BCUT2D eigenvalue weighted by Gasteiger charge is -2.22. The van der Waals surface area contributed by atoms with Crippen LogP contribution in [0.25, 0.3) is 0 Å². The molecular weight excluding hydrogens is 238 g/mol. The Balaban J connectivity index is 2.29. The molecule has 1 aliphatic rings. The number of fused-ring (bicyclic) bond motifs is 1. The number of rotatable bonds is 1. The predicted octanol–water partition coefficient (Wildman–Crippen LogP) is 2.21. The number of aliphatic hydroxyl groups is 1. The summed E-state index contributed by atoms with van der Waals surface area (Å²) in [6, 6.07) is 14.8. The van der Waals surface area contributed by atoms with Crippen LogP contribution in [0, 0.1) is 6.92 Å². The van der Waals surface area contributed by atoms with E-state index >= 15 is 0 Å². The summed E-state index contributed by atoms with van der Waals surface area (Å²) in [6.07, 6.45) is 0. The zero-order valence-corrected chi connectivity index (χ0v) is 10.9. The maximum Gasteiger partial charge on any atom is 0.268 e. The Labute approximate surface area is 112 Å². The van der Waals surface area contributed by atoms with Gasteiger partial charge >= 0.3 is 0 Å². The van der Waals surface area contributed by atoms with Crippen LogP contribution >= 0.6 is 0 Å². The van der Waals surface area contributed by atoms with Crippen LogP contribution < -0.4 is 4.90 Å². The molecule has 0 aromatic heterocycles. The fourth-order valence-electron chi connectivity index (χ4n) is 2.66. The van der Waals surface area contributed by atoms with Gasteiger partial charge in [-0.3, -0.25) is 4.79 Å². The molecule has 0 saturated carbocycles. The molecule has 0 saturated heterocycles. The van der Waals surface area contributed by atoms with Crippen LogP contribution in [0.4, 0.5) is 5.69 Å². The van der Waals surface area contributed by atoms with Crippen molar-refractivity contribution in [1.82, 2.24) is 0 Å². The number of nitrogens with zero attached hydrogens (tertiary/aromatic N) is 1. The van der Waals surface area contributed by atoms with E-state index in [-0.39, 0.29) is 5.91 Å². The molecule has 0 fully saturated rings. The molecule has 0 bridgehead atoms. The van der Waals surface area contributed by atoms with Crippen molar-refractivity contribution in [3.63, 3.8) is 0 Å². The summed E-state index contributed by atoms with van der Waals surface area (Å²) in [7, 11) is 1.69. The first-order valence-corrected chi connectivity index (χ1v) is 6.22. The minimum Gasteiger partial charge on any atom is -0.372 e. The average molecular weight is 253 g/mol. The number of hydrogen-bond acceptors (Lipinski definition) is 2. The van der Waals surface area contributed by atoms with Crippen molar-refractivity contribution >= 4 is 11.6 Å². The Morgan fingerprint density at radius 1 is 1.11 bits per heavy atom. The van der Waals surface area contributed by atoms with Gasteiger partial charge in [-0.05, 0) is 18.6 Å². The molecule has 1 atom stereocenters. The minimum absolute atomic E-state index is 0.306. The summed E-state index contributed by atoms with van der Waals surface area (Å²) < 4.78 is 0. The van der Waals surface area contributed by atoms with Gasteiger partial charge < -0.3 is 10.0 Å². The number of carbonyl (C=O) groups excluding carboxylic acids is 1. The van der Waals surface area contributed by atoms with E-state index in [9.17, 15) is 9.90 Å². The second-order valence-electron chi connectivity index (χ2n) is 4.96. The predicted molar refractivity (Wildman–Crippen MR) is 74.0 cm³/mol. The number of anilines is 1. The lowest BCUT2D eigenvalue weighted by atomic mass is 9.87. The zero-order valence-electron chi connectivity index (χ0n) is 10.9. The number of amides is 1. The summed E-state index contributed by atoms with van der Waals surface area (Å²) in [5.41, 5.74) is 1.48. The molecule has 0 radical (unpaired) electrons. The Kier molecular flexibility index (Phi) is 2.47. The van der Waals surface area contributed by atoms with Crippen LogP contribution in [-0.2, 0) is 10.4 Å². The van der Waals surface area contributed by atoms with Crippen LogP contribution in [0.15, 0.2) is 48.5 Å². The van der Waals surface area contributed by atoms with Crippen LogP contribution in [-0.4, -0.2) is 18.1 Å². The summed E-state index contributed by atoms with van der Waals surface area (Å²) in [5, 5.41) is 11.0. The quantitative estimate of drug-likeness (QED) is 0.846. The first kappa shape index (κ1) is 11.9. The van der Waals surface area contributed by atoms with Gasteiger partial charge in [0.05, 0.1) is 5.69 Å². The summed E-state index contributed by atoms with van der Waals surface area (Å²) in [6.45, 7) is 1.95. The number of aryl methyl sites for hydroxylation is 1. The number of benzene rings is 2. The molecule has 3 rings (SSSR count). The highest BCUT2D eigenvalue weighted by Crippen LogP contribution is 2.43. The smallest absolute Gasteiger partial charge is 0.268 e. The molecule has 1 amide bonds. The Morgan fingerprint density at radius 2 is 1.79 bits per heavy atom. The van der Waals surface area contributed by atoms with Crippen molar-refractivity contribution < 1.29 is 9.90 Å². The highest BCUT2D eigenvalue weighted by atomic mass is 16.3. The van der Waals surface area contributed by atoms with Crippen molar-refractivity contribution in [2.45, 2.75) is 12.5 Å². The van der Waals surface area contributed by atoms with Crippen LogP contribution in [0.3, 0.4) is 0 Å². The van der Waals surface area contributed by atoms with E-state index in [0.717, 1.165) is 11.3 Å². The summed E-state index contributed by atoms with van der Waals surface area (Å²) in [5.74, 6) is -0.306. The third-order valence-electron chi connectivity index (χ3n) is 3.71. The van der Waals surface area contributed by atoms with E-state index in [1.54, 1.807) is 19.2 Å². The van der Waals surface area contributed by atoms with Crippen molar-refractivity contribution in [3.8, 4) is 0 Å². The van der Waals surface area contributed by atoms with Gasteiger partial charge in [-0.2, -0.15) is 0 Å². The van der Waals surface area contributed by atoms with E-state index in [2.05, 4.69) is 0 Å². The van der Waals surface area contributed by atoms with Crippen molar-refractivity contribution in [2.24, 2.45) is 0 Å². The minimum atomic E-state index is -1.57. The van der Waals surface area contributed by atoms with E-state index in [1.807, 2.05) is 43.3 Å². The number of hydrogen-bond donors (Lipinski definition) is 1. The Hall–Kier alpha value is -2.13. The monoisotopic (exact) mass is 253 g/mol. The van der Waals surface area contributed by atoms with Gasteiger partial charge in [0.25, 0.3) is 5.91 Å². The number of carbonyl (C=O) groups is 1. The second kappa shape index (κ2) is 3.93. The largest absolute Gasteiger partial charge is 0.372 e. The first-order valence-electron chi connectivity index (χ1n) is 6.22. The van der Waals surface area contributed by atoms with Gasteiger partial charge in [-0.15, -0.1) is 0 Å². The van der Waals surface area contributed by atoms with Crippen molar-refractivity contribution in [1.29, 1.82) is 0 Å². The SMILES string of the molecule is Cc1ccc2c(c1)C(O)(c1ccccc1)C(=O)N2C. The molecule has 3 heteroatoms. The van der Waals surface area contributed by atoms with E-state index in [0.29, 0.717) is 11.1 Å². The van der Waals surface area contributed by atoms with Crippen LogP contribution in [0.1, 0.15) is 16.7 Å². The summed E-state index contributed by atoms with van der Waals surface area (Å²) >= 11 is 0. The van der Waals surface area contributed by atoms with Gasteiger partial charge in [0.2, 0.25) is 0 Å². The maximum absolute atomic E-state index is 12.5. The fourth-order valence-corrected chi connectivity index (χ4v) is 2.66. The van der Waals surface area contributed by atoms with E-state index < -0.39 is 5.60 Å². The topological polar surface area (TPSA) is 40.5 Å². The molecule has 1 heterocycles. The van der Waals surface area contributed by atoms with E-state index in [1.165, 1.54) is 4.90 Å². The maximum atomic E-state index is 12.5. The zero-order chi connectivity index (χ0) is 13.6. The Bertz CT molecular complexity index is 651. The lowest BCUT2D eigenvalue weighted by Crippen LogP contribution is -2.39. The Morgan fingerprint density at radius 3 is 2.47 bits per heavy atom. The molecule has 0 aliphatic carbocycles. The molecule has 96 valence electrons. The third-order valence-corrected chi connectivity index (χ3v) is 3.71. The van der Waals surface area contributed by atoms with Gasteiger partial charge in [0, 0.05) is 12.6 Å². The normalized spacial score (nSPS) is 21.6. The molecular formula is C16H15NO2. The molecule has 1 N–H and O–H groups in total. The first-order chi connectivity index (χ1) is 9.05. The number of likely N-dealkylation sites (N-methyl/N-ethyl adjacent to an activating group) is 1. The van der Waals surface area contributed by atoms with Gasteiger partial charge in [0.1, 0.15) is 0 Å². The van der Waals surface area contributed by atoms with E-state index in [4.69, 9.17) is 0 Å². The molecule has 2 aromatic carbocycles. The highest BCUT2D eigenvalue weighted by molar-refractivity contribution is 6.08. The van der Waals surface area contributed by atoms with Crippen LogP contribution in [0.5, 0.6) is 0 Å². The fraction of sp³-hybridized carbons (Fsp3) is 0.188. The van der Waals surface area contributed by atoms with Gasteiger partial charge in [-0.25, -0.2) is 0 Å². The lowest BCUT2D eigenvalue weighted by molar-refractivity contribution is -0.131. The second-order valence-corrected chi connectivity index (χ2v) is 4.96. The third kappa shape index (κ3) is 1.52. The molecule has 0 spiro atoms. The van der Waals surface area contributed by atoms with Gasteiger partial charge in [0.15, 0.2) is 5.60 Å². The van der Waals surface area contributed by atoms with Gasteiger partial charge in [-0.1, -0.05) is 48.0 Å². The molecule has 1 unspecified atom stereocenters. The average Bonchev–Trinajstić information content (AvgIpc) is 2.63. The highest BCUT2D eigenvalue weighted by Gasteiger charge is 2.49. The van der Waals surface area contributed by atoms with Crippen LogP contribution in [0.2, 0.25) is 0 Å². The van der Waals surface area contributed by atoms with Crippen molar-refractivity contribution in [3.05, 3.63) is 65.2 Å². The molecule has 2 aromatic rings. The molecule has 3 nitrogen and oxygen atoms in total. The summed E-state index contributed by atoms with van der Waals surface area (Å²) in [4.78, 5) is 14.0. The molecule has 19 heavy (non-hydrogen) atoms. The van der Waals surface area contributed by atoms with Crippen molar-refractivity contribution in [2.75, 3.05) is 11.9 Å².